The van der Waals surface area contributed by atoms with E-state index >= 15 is 0 Å². The van der Waals surface area contributed by atoms with Gasteiger partial charge in [0.05, 0.1) is 6.04 Å². The Morgan fingerprint density at radius 2 is 1.77 bits per heavy atom. The molecule has 0 radical (unpaired) electrons. The Hall–Kier alpha value is -2.67. The Morgan fingerprint density at radius 3 is 2.50 bits per heavy atom. The molecule has 2 atom stereocenters. The second-order valence-corrected chi connectivity index (χ2v) is 6.12. The number of hydrogen-bond acceptors (Lipinski definition) is 4. The molecule has 0 fully saturated rings. The standard InChI is InChI=1S/C19H20F2N2O3/c1-11(15-5-3-13(20)9-16(15)21)22-12(2)19(24)23-14-4-6-17-18(10-14)26-8-7-25-17/h3-6,9-12,22H,7-8H2,1-2H3,(H,23,24)/t11-,12-/m1/s1. The number of amides is 1. The predicted molar refractivity (Wildman–Crippen MR) is 93.4 cm³/mol. The lowest BCUT2D eigenvalue weighted by molar-refractivity contribution is -0.117. The minimum Gasteiger partial charge on any atom is -0.486 e. The maximum Gasteiger partial charge on any atom is 0.241 e. The van der Waals surface area contributed by atoms with Crippen LogP contribution in [0.25, 0.3) is 0 Å². The molecule has 1 aliphatic heterocycles. The van der Waals surface area contributed by atoms with E-state index in [0.717, 1.165) is 6.07 Å². The first-order valence-electron chi connectivity index (χ1n) is 8.35. The summed E-state index contributed by atoms with van der Waals surface area (Å²) in [7, 11) is 0. The molecule has 138 valence electrons. The maximum absolute atomic E-state index is 13.9. The lowest BCUT2D eigenvalue weighted by Gasteiger charge is -2.21. The molecule has 7 heteroatoms. The van der Waals surface area contributed by atoms with Gasteiger partial charge in [0.15, 0.2) is 11.5 Å². The zero-order valence-corrected chi connectivity index (χ0v) is 14.5. The highest BCUT2D eigenvalue weighted by molar-refractivity contribution is 5.94. The Balaban J connectivity index is 1.62. The number of hydrogen-bond donors (Lipinski definition) is 2. The van der Waals surface area contributed by atoms with Crippen molar-refractivity contribution in [1.29, 1.82) is 0 Å². The zero-order chi connectivity index (χ0) is 18.7. The van der Waals surface area contributed by atoms with Crippen LogP contribution in [-0.2, 0) is 4.79 Å². The molecule has 1 aliphatic rings. The molecule has 2 N–H and O–H groups in total. The summed E-state index contributed by atoms with van der Waals surface area (Å²) < 4.78 is 37.8. The van der Waals surface area contributed by atoms with E-state index in [0.29, 0.717) is 36.0 Å². The number of halogens is 2. The molecule has 0 saturated carbocycles. The molecule has 0 saturated heterocycles. The molecule has 1 heterocycles. The summed E-state index contributed by atoms with van der Waals surface area (Å²) in [6, 6.07) is 7.49. The number of nitrogens with one attached hydrogen (secondary N) is 2. The highest BCUT2D eigenvalue weighted by Crippen LogP contribution is 2.32. The van der Waals surface area contributed by atoms with Gasteiger partial charge in [-0.25, -0.2) is 8.78 Å². The molecule has 1 amide bonds. The van der Waals surface area contributed by atoms with Crippen LogP contribution in [0, 0.1) is 11.6 Å². The number of ether oxygens (including phenoxy) is 2. The van der Waals surface area contributed by atoms with Gasteiger partial charge in [-0.3, -0.25) is 10.1 Å². The minimum atomic E-state index is -0.649. The molecular weight excluding hydrogens is 342 g/mol. The van der Waals surface area contributed by atoms with Gasteiger partial charge in [0.25, 0.3) is 0 Å². The average molecular weight is 362 g/mol. The van der Waals surface area contributed by atoms with Crippen molar-refractivity contribution in [3.63, 3.8) is 0 Å². The van der Waals surface area contributed by atoms with Crippen molar-refractivity contribution in [2.24, 2.45) is 0 Å². The van der Waals surface area contributed by atoms with Crippen LogP contribution in [0.5, 0.6) is 11.5 Å². The number of anilines is 1. The lowest BCUT2D eigenvalue weighted by Crippen LogP contribution is -2.39. The molecule has 0 spiro atoms. The lowest BCUT2D eigenvalue weighted by atomic mass is 10.1. The smallest absolute Gasteiger partial charge is 0.241 e. The predicted octanol–water partition coefficient (Wildman–Crippen LogP) is 3.41. The van der Waals surface area contributed by atoms with Gasteiger partial charge in [-0.15, -0.1) is 0 Å². The van der Waals surface area contributed by atoms with E-state index in [2.05, 4.69) is 10.6 Å². The van der Waals surface area contributed by atoms with Gasteiger partial charge in [0.2, 0.25) is 5.91 Å². The van der Waals surface area contributed by atoms with Crippen molar-refractivity contribution in [1.82, 2.24) is 5.32 Å². The highest BCUT2D eigenvalue weighted by atomic mass is 19.1. The van der Waals surface area contributed by atoms with E-state index in [1.54, 1.807) is 32.0 Å². The third-order valence-corrected chi connectivity index (χ3v) is 4.13. The summed E-state index contributed by atoms with van der Waals surface area (Å²) in [5.41, 5.74) is 0.874. The number of fused-ring (bicyclic) bond motifs is 1. The Kier molecular flexibility index (Phi) is 5.37. The SMILES string of the molecule is C[C@@H](N[C@H](C)c1ccc(F)cc1F)C(=O)Nc1ccc2c(c1)OCCO2. The summed E-state index contributed by atoms with van der Waals surface area (Å²) in [6.45, 7) is 4.34. The summed E-state index contributed by atoms with van der Waals surface area (Å²) in [5, 5.41) is 5.79. The van der Waals surface area contributed by atoms with Crippen molar-refractivity contribution in [2.75, 3.05) is 18.5 Å². The van der Waals surface area contributed by atoms with Crippen LogP contribution in [0.4, 0.5) is 14.5 Å². The molecule has 0 aliphatic carbocycles. The first-order chi connectivity index (χ1) is 12.4. The molecule has 5 nitrogen and oxygen atoms in total. The topological polar surface area (TPSA) is 59.6 Å². The molecular formula is C19H20F2N2O3. The molecule has 2 aromatic rings. The second kappa shape index (κ2) is 7.70. The first kappa shape index (κ1) is 18.1. The van der Waals surface area contributed by atoms with E-state index in [-0.39, 0.29) is 5.91 Å². The molecule has 2 aromatic carbocycles. The van der Waals surface area contributed by atoms with Crippen LogP contribution in [0.1, 0.15) is 25.5 Å². The zero-order valence-electron chi connectivity index (χ0n) is 14.5. The number of carbonyl (C=O) groups excluding carboxylic acids is 1. The third-order valence-electron chi connectivity index (χ3n) is 4.13. The van der Waals surface area contributed by atoms with Gasteiger partial charge in [-0.2, -0.15) is 0 Å². The summed E-state index contributed by atoms with van der Waals surface area (Å²) in [6.07, 6.45) is 0. The molecule has 0 bridgehead atoms. The summed E-state index contributed by atoms with van der Waals surface area (Å²) >= 11 is 0. The fourth-order valence-electron chi connectivity index (χ4n) is 2.76. The van der Waals surface area contributed by atoms with Crippen LogP contribution in [0.15, 0.2) is 36.4 Å². The van der Waals surface area contributed by atoms with E-state index in [1.165, 1.54) is 12.1 Å². The Morgan fingerprint density at radius 1 is 1.04 bits per heavy atom. The molecule has 0 aromatic heterocycles. The Labute approximate surface area is 150 Å². The second-order valence-electron chi connectivity index (χ2n) is 6.12. The van der Waals surface area contributed by atoms with Crippen LogP contribution in [0.3, 0.4) is 0 Å². The van der Waals surface area contributed by atoms with Crippen LogP contribution in [-0.4, -0.2) is 25.2 Å². The fraction of sp³-hybridized carbons (Fsp3) is 0.316. The van der Waals surface area contributed by atoms with Crippen molar-refractivity contribution in [2.45, 2.75) is 25.9 Å². The van der Waals surface area contributed by atoms with Gasteiger partial charge in [0.1, 0.15) is 24.8 Å². The monoisotopic (exact) mass is 362 g/mol. The number of benzene rings is 2. The van der Waals surface area contributed by atoms with Crippen LogP contribution < -0.4 is 20.1 Å². The summed E-state index contributed by atoms with van der Waals surface area (Å²) in [5.74, 6) is -0.347. The number of carbonyl (C=O) groups is 1. The highest BCUT2D eigenvalue weighted by Gasteiger charge is 2.20. The summed E-state index contributed by atoms with van der Waals surface area (Å²) in [4.78, 5) is 12.4. The average Bonchev–Trinajstić information content (AvgIpc) is 2.61. The van der Waals surface area contributed by atoms with Crippen molar-refractivity contribution < 1.29 is 23.0 Å². The van der Waals surface area contributed by atoms with Gasteiger partial charge in [0, 0.05) is 29.4 Å². The van der Waals surface area contributed by atoms with Crippen molar-refractivity contribution in [3.8, 4) is 11.5 Å². The third kappa shape index (κ3) is 4.11. The minimum absolute atomic E-state index is 0.281. The number of rotatable bonds is 5. The van der Waals surface area contributed by atoms with Gasteiger partial charge < -0.3 is 14.8 Å². The molecule has 26 heavy (non-hydrogen) atoms. The van der Waals surface area contributed by atoms with E-state index in [9.17, 15) is 13.6 Å². The first-order valence-corrected chi connectivity index (χ1v) is 8.35. The fourth-order valence-corrected chi connectivity index (χ4v) is 2.76. The quantitative estimate of drug-likeness (QED) is 0.856. The molecule has 0 unspecified atom stereocenters. The van der Waals surface area contributed by atoms with Crippen LogP contribution in [0.2, 0.25) is 0 Å². The van der Waals surface area contributed by atoms with Crippen molar-refractivity contribution >= 4 is 11.6 Å². The molecule has 3 rings (SSSR count). The van der Waals surface area contributed by atoms with E-state index < -0.39 is 23.7 Å². The largest absolute Gasteiger partial charge is 0.486 e. The Bertz CT molecular complexity index is 813. The van der Waals surface area contributed by atoms with E-state index in [4.69, 9.17) is 9.47 Å². The van der Waals surface area contributed by atoms with Crippen LogP contribution >= 0.6 is 0 Å². The normalized spacial score (nSPS) is 15.2. The maximum atomic E-state index is 13.9. The van der Waals surface area contributed by atoms with Gasteiger partial charge in [-0.1, -0.05) is 6.07 Å². The van der Waals surface area contributed by atoms with Crippen molar-refractivity contribution in [3.05, 3.63) is 53.6 Å². The van der Waals surface area contributed by atoms with E-state index in [1.807, 2.05) is 0 Å². The van der Waals surface area contributed by atoms with Gasteiger partial charge in [-0.05, 0) is 32.0 Å². The van der Waals surface area contributed by atoms with Gasteiger partial charge >= 0.3 is 0 Å².